The van der Waals surface area contributed by atoms with E-state index in [0.717, 1.165) is 25.9 Å². The molecule has 1 rings (SSSR count). The van der Waals surface area contributed by atoms with Gasteiger partial charge in [-0.1, -0.05) is 6.92 Å². The van der Waals surface area contributed by atoms with Gasteiger partial charge in [-0.15, -0.1) is 0 Å². The van der Waals surface area contributed by atoms with Gasteiger partial charge in [0.2, 0.25) is 0 Å². The quantitative estimate of drug-likeness (QED) is 0.764. The Balaban J connectivity index is 2.48. The molecule has 1 unspecified atom stereocenters. The Hall–Kier alpha value is -0.770. The summed E-state index contributed by atoms with van der Waals surface area (Å²) in [5.41, 5.74) is 5.72. The van der Waals surface area contributed by atoms with Crippen LogP contribution in [-0.2, 0) is 0 Å². The number of rotatable bonds is 4. The Labute approximate surface area is 92.4 Å². The molecule has 1 atom stereocenters. The van der Waals surface area contributed by atoms with Crippen LogP contribution in [0.15, 0.2) is 0 Å². The van der Waals surface area contributed by atoms with Gasteiger partial charge in [-0.25, -0.2) is 4.79 Å². The summed E-state index contributed by atoms with van der Waals surface area (Å²) < 4.78 is 0. The molecule has 1 fully saturated rings. The lowest BCUT2D eigenvalue weighted by atomic mass is 10.0. The largest absolute Gasteiger partial charge is 0.325 e. The minimum Gasteiger partial charge on any atom is -0.325 e. The molecule has 0 radical (unpaired) electrons. The van der Waals surface area contributed by atoms with Crippen molar-refractivity contribution in [2.75, 3.05) is 20.1 Å². The van der Waals surface area contributed by atoms with Crippen molar-refractivity contribution in [3.8, 4) is 0 Å². The van der Waals surface area contributed by atoms with Crippen LogP contribution in [-0.4, -0.2) is 47.5 Å². The third-order valence-electron chi connectivity index (χ3n) is 3.05. The number of carbonyl (C=O) groups excluding carboxylic acids is 1. The van der Waals surface area contributed by atoms with E-state index in [1.165, 1.54) is 0 Å². The van der Waals surface area contributed by atoms with Gasteiger partial charge in [0.25, 0.3) is 0 Å². The zero-order chi connectivity index (χ0) is 11.6. The smallest absolute Gasteiger partial charge is 0.320 e. The number of nitrogens with zero attached hydrogens (tertiary/aromatic N) is 2. The van der Waals surface area contributed by atoms with Crippen molar-refractivity contribution in [1.29, 1.82) is 0 Å². The maximum Gasteiger partial charge on any atom is 0.320 e. The molecular formula is C11H23N3O. The monoisotopic (exact) mass is 213 g/mol. The lowest BCUT2D eigenvalue weighted by Gasteiger charge is -2.22. The normalized spacial score (nSPS) is 22.7. The van der Waals surface area contributed by atoms with Crippen LogP contribution in [0.25, 0.3) is 0 Å². The SMILES string of the molecule is CCC1CN(CCC(C)(C)N)C(=O)N1C. The van der Waals surface area contributed by atoms with Crippen molar-refractivity contribution in [3.63, 3.8) is 0 Å². The fourth-order valence-corrected chi connectivity index (χ4v) is 1.85. The summed E-state index contributed by atoms with van der Waals surface area (Å²) >= 11 is 0. The molecule has 0 aromatic carbocycles. The Kier molecular flexibility index (Phi) is 3.60. The van der Waals surface area contributed by atoms with E-state index in [0.29, 0.717) is 6.04 Å². The zero-order valence-corrected chi connectivity index (χ0v) is 10.3. The van der Waals surface area contributed by atoms with Crippen molar-refractivity contribution < 1.29 is 4.79 Å². The van der Waals surface area contributed by atoms with Gasteiger partial charge in [0.1, 0.15) is 0 Å². The molecule has 1 heterocycles. The Morgan fingerprint density at radius 2 is 2.13 bits per heavy atom. The molecule has 4 heteroatoms. The highest BCUT2D eigenvalue weighted by Crippen LogP contribution is 2.17. The Morgan fingerprint density at radius 1 is 1.53 bits per heavy atom. The molecule has 0 spiro atoms. The Morgan fingerprint density at radius 3 is 2.53 bits per heavy atom. The molecule has 1 saturated heterocycles. The number of nitrogens with two attached hydrogens (primary N) is 1. The molecule has 4 nitrogen and oxygen atoms in total. The zero-order valence-electron chi connectivity index (χ0n) is 10.3. The molecule has 0 aromatic rings. The second-order valence-electron chi connectivity index (χ2n) is 5.14. The van der Waals surface area contributed by atoms with Crippen LogP contribution < -0.4 is 5.73 Å². The van der Waals surface area contributed by atoms with E-state index in [2.05, 4.69) is 6.92 Å². The molecule has 15 heavy (non-hydrogen) atoms. The van der Waals surface area contributed by atoms with E-state index in [1.807, 2.05) is 30.7 Å². The third-order valence-corrected chi connectivity index (χ3v) is 3.05. The van der Waals surface area contributed by atoms with Gasteiger partial charge >= 0.3 is 6.03 Å². The summed E-state index contributed by atoms with van der Waals surface area (Å²) in [6, 6.07) is 0.518. The average Bonchev–Trinajstić information content (AvgIpc) is 2.40. The maximum absolute atomic E-state index is 11.8. The second-order valence-corrected chi connectivity index (χ2v) is 5.14. The first kappa shape index (κ1) is 12.3. The molecule has 0 saturated carbocycles. The molecule has 0 aromatic heterocycles. The highest BCUT2D eigenvalue weighted by atomic mass is 16.2. The molecule has 1 aliphatic heterocycles. The number of urea groups is 1. The third kappa shape index (κ3) is 3.09. The van der Waals surface area contributed by atoms with Crippen LogP contribution in [0.2, 0.25) is 0 Å². The van der Waals surface area contributed by atoms with Gasteiger partial charge in [-0.05, 0) is 26.7 Å². The van der Waals surface area contributed by atoms with Crippen LogP contribution in [0, 0.1) is 0 Å². The number of amides is 2. The van der Waals surface area contributed by atoms with Crippen molar-refractivity contribution in [2.24, 2.45) is 5.73 Å². The fraction of sp³-hybridized carbons (Fsp3) is 0.909. The van der Waals surface area contributed by atoms with Gasteiger partial charge in [0, 0.05) is 25.7 Å². The fourth-order valence-electron chi connectivity index (χ4n) is 1.85. The van der Waals surface area contributed by atoms with Crippen LogP contribution in [0.3, 0.4) is 0 Å². The first-order valence-corrected chi connectivity index (χ1v) is 5.66. The summed E-state index contributed by atoms with van der Waals surface area (Å²) in [5.74, 6) is 0. The second kappa shape index (κ2) is 4.39. The van der Waals surface area contributed by atoms with Gasteiger partial charge in [-0.3, -0.25) is 0 Å². The summed E-state index contributed by atoms with van der Waals surface area (Å²) in [6.07, 6.45) is 1.87. The molecule has 2 N–H and O–H groups in total. The van der Waals surface area contributed by atoms with Gasteiger partial charge in [-0.2, -0.15) is 0 Å². The van der Waals surface area contributed by atoms with E-state index in [9.17, 15) is 4.79 Å². The predicted octanol–water partition coefficient (Wildman–Crippen LogP) is 1.26. The number of carbonyl (C=O) groups is 1. The predicted molar refractivity (Wildman–Crippen MR) is 61.7 cm³/mol. The van der Waals surface area contributed by atoms with Crippen molar-refractivity contribution >= 4 is 6.03 Å². The first-order valence-electron chi connectivity index (χ1n) is 5.66. The van der Waals surface area contributed by atoms with Crippen LogP contribution in [0.1, 0.15) is 33.6 Å². The molecule has 0 aliphatic carbocycles. The van der Waals surface area contributed by atoms with Crippen molar-refractivity contribution in [3.05, 3.63) is 0 Å². The van der Waals surface area contributed by atoms with E-state index in [-0.39, 0.29) is 11.6 Å². The number of hydrogen-bond acceptors (Lipinski definition) is 2. The minimum atomic E-state index is -0.191. The summed E-state index contributed by atoms with van der Waals surface area (Å²) in [6.45, 7) is 7.72. The molecule has 88 valence electrons. The van der Waals surface area contributed by atoms with E-state index < -0.39 is 0 Å². The molecule has 1 aliphatic rings. The van der Waals surface area contributed by atoms with E-state index in [1.54, 1.807) is 0 Å². The standard InChI is InChI=1S/C11H23N3O/c1-5-9-8-14(10(15)13(9)4)7-6-11(2,3)12/h9H,5-8,12H2,1-4H3. The highest BCUT2D eigenvalue weighted by Gasteiger charge is 2.33. The topological polar surface area (TPSA) is 49.6 Å². The van der Waals surface area contributed by atoms with Gasteiger partial charge in [0.05, 0.1) is 6.04 Å². The minimum absolute atomic E-state index is 0.145. The van der Waals surface area contributed by atoms with Crippen molar-refractivity contribution in [2.45, 2.75) is 45.2 Å². The van der Waals surface area contributed by atoms with Crippen LogP contribution in [0.5, 0.6) is 0 Å². The van der Waals surface area contributed by atoms with Crippen molar-refractivity contribution in [1.82, 2.24) is 9.80 Å². The summed E-state index contributed by atoms with van der Waals surface area (Å²) in [5, 5.41) is 0. The van der Waals surface area contributed by atoms with E-state index >= 15 is 0 Å². The average molecular weight is 213 g/mol. The first-order chi connectivity index (χ1) is 6.85. The summed E-state index contributed by atoms with van der Waals surface area (Å²) in [7, 11) is 1.88. The molecule has 0 bridgehead atoms. The summed E-state index contributed by atoms with van der Waals surface area (Å²) in [4.78, 5) is 15.5. The number of hydrogen-bond donors (Lipinski definition) is 1. The van der Waals surface area contributed by atoms with Gasteiger partial charge in [0.15, 0.2) is 0 Å². The molecule has 2 amide bonds. The lowest BCUT2D eigenvalue weighted by Crippen LogP contribution is -2.38. The van der Waals surface area contributed by atoms with Crippen LogP contribution in [0.4, 0.5) is 4.79 Å². The lowest BCUT2D eigenvalue weighted by molar-refractivity contribution is 0.192. The van der Waals surface area contributed by atoms with Gasteiger partial charge < -0.3 is 15.5 Å². The van der Waals surface area contributed by atoms with Crippen LogP contribution >= 0.6 is 0 Å². The highest BCUT2D eigenvalue weighted by molar-refractivity contribution is 5.76. The Bertz CT molecular complexity index is 234. The maximum atomic E-state index is 11.8. The molecular weight excluding hydrogens is 190 g/mol. The van der Waals surface area contributed by atoms with E-state index in [4.69, 9.17) is 5.73 Å². The number of likely N-dealkylation sites (N-methyl/N-ethyl adjacent to an activating group) is 1.